The van der Waals surface area contributed by atoms with E-state index in [2.05, 4.69) is 10.3 Å². The van der Waals surface area contributed by atoms with Gasteiger partial charge in [0, 0.05) is 11.4 Å². The number of fused-ring (bicyclic) bond motifs is 1. The van der Waals surface area contributed by atoms with Crippen molar-refractivity contribution in [1.29, 1.82) is 0 Å². The normalized spacial score (nSPS) is 12.7. The van der Waals surface area contributed by atoms with Crippen molar-refractivity contribution in [3.63, 3.8) is 0 Å². The van der Waals surface area contributed by atoms with Crippen molar-refractivity contribution in [3.05, 3.63) is 50.5 Å². The molecule has 0 saturated heterocycles. The molecule has 0 bridgehead atoms. The summed E-state index contributed by atoms with van der Waals surface area (Å²) in [4.78, 5) is 63.6. The van der Waals surface area contributed by atoms with E-state index in [1.165, 1.54) is 12.1 Å². The zero-order valence-corrected chi connectivity index (χ0v) is 15.9. The number of nitro groups is 1. The van der Waals surface area contributed by atoms with Crippen LogP contribution in [0.4, 0.5) is 10.8 Å². The van der Waals surface area contributed by atoms with Gasteiger partial charge in [-0.05, 0) is 13.0 Å². The molecule has 0 fully saturated rings. The number of nitrogens with one attached hydrogen (secondary N) is 1. The highest BCUT2D eigenvalue weighted by Gasteiger charge is 2.41. The van der Waals surface area contributed by atoms with E-state index in [9.17, 15) is 29.3 Å². The van der Waals surface area contributed by atoms with Gasteiger partial charge >= 0.3 is 5.97 Å². The Kier molecular flexibility index (Phi) is 5.64. The molecule has 0 saturated carbocycles. The fourth-order valence-corrected chi connectivity index (χ4v) is 3.45. The molecule has 150 valence electrons. The number of carbonyl (C=O) groups is 4. The smallest absolute Gasteiger partial charge is 0.311 e. The molecule has 12 heteroatoms. The van der Waals surface area contributed by atoms with Crippen LogP contribution in [-0.4, -0.2) is 51.6 Å². The molecule has 1 aromatic carbocycles. The Morgan fingerprint density at radius 3 is 2.76 bits per heavy atom. The van der Waals surface area contributed by atoms with Gasteiger partial charge in [-0.15, -0.1) is 11.3 Å². The molecule has 2 aromatic rings. The Hall–Kier alpha value is -3.67. The van der Waals surface area contributed by atoms with Crippen LogP contribution in [0.2, 0.25) is 0 Å². The largest absolute Gasteiger partial charge is 0.466 e. The second kappa shape index (κ2) is 8.14. The first-order chi connectivity index (χ1) is 13.8. The van der Waals surface area contributed by atoms with Gasteiger partial charge in [-0.25, -0.2) is 4.98 Å². The van der Waals surface area contributed by atoms with Crippen LogP contribution >= 0.6 is 11.3 Å². The summed E-state index contributed by atoms with van der Waals surface area (Å²) in [6, 6.07) is 3.71. The monoisotopic (exact) mass is 418 g/mol. The summed E-state index contributed by atoms with van der Waals surface area (Å²) in [6.07, 6.45) is -0.0533. The van der Waals surface area contributed by atoms with Crippen molar-refractivity contribution in [2.24, 2.45) is 0 Å². The number of esters is 1. The molecular weight excluding hydrogens is 404 g/mol. The van der Waals surface area contributed by atoms with Gasteiger partial charge in [0.1, 0.15) is 12.1 Å². The molecule has 3 rings (SSSR count). The van der Waals surface area contributed by atoms with Gasteiger partial charge in [-0.1, -0.05) is 6.07 Å². The number of anilines is 1. The van der Waals surface area contributed by atoms with E-state index < -0.39 is 40.8 Å². The Balaban J connectivity index is 1.67. The van der Waals surface area contributed by atoms with Crippen molar-refractivity contribution >= 4 is 45.8 Å². The summed E-state index contributed by atoms with van der Waals surface area (Å²) in [5, 5.41) is 15.3. The van der Waals surface area contributed by atoms with Gasteiger partial charge in [0.05, 0.1) is 29.2 Å². The summed E-state index contributed by atoms with van der Waals surface area (Å²) in [5.41, 5.74) is -0.545. The molecule has 11 nitrogen and oxygen atoms in total. The number of imide groups is 1. The molecule has 0 radical (unpaired) electrons. The second-order valence-corrected chi connectivity index (χ2v) is 6.69. The Bertz CT molecular complexity index is 1030. The van der Waals surface area contributed by atoms with Crippen LogP contribution < -0.4 is 5.32 Å². The van der Waals surface area contributed by atoms with E-state index >= 15 is 0 Å². The number of amides is 3. The van der Waals surface area contributed by atoms with Gasteiger partial charge in [0.15, 0.2) is 5.13 Å². The van der Waals surface area contributed by atoms with Crippen molar-refractivity contribution < 1.29 is 28.8 Å². The van der Waals surface area contributed by atoms with Gasteiger partial charge in [-0.3, -0.25) is 34.2 Å². The van der Waals surface area contributed by atoms with Crippen molar-refractivity contribution in [3.8, 4) is 0 Å². The molecule has 1 aliphatic heterocycles. The van der Waals surface area contributed by atoms with E-state index in [0.29, 0.717) is 10.6 Å². The molecule has 1 aliphatic rings. The highest BCUT2D eigenvalue weighted by Crippen LogP contribution is 2.30. The van der Waals surface area contributed by atoms with Crippen LogP contribution in [0.15, 0.2) is 23.6 Å². The highest BCUT2D eigenvalue weighted by molar-refractivity contribution is 7.13. The third-order valence-corrected chi connectivity index (χ3v) is 4.71. The maximum Gasteiger partial charge on any atom is 0.311 e. The van der Waals surface area contributed by atoms with E-state index in [1.54, 1.807) is 12.3 Å². The number of thiazole rings is 1. The number of benzene rings is 1. The second-order valence-electron chi connectivity index (χ2n) is 5.83. The lowest BCUT2D eigenvalue weighted by Crippen LogP contribution is -2.37. The van der Waals surface area contributed by atoms with Gasteiger partial charge in [0.2, 0.25) is 5.91 Å². The minimum absolute atomic E-state index is 0.0533. The Morgan fingerprint density at radius 1 is 1.31 bits per heavy atom. The first-order valence-electron chi connectivity index (χ1n) is 8.35. The van der Waals surface area contributed by atoms with Crippen LogP contribution in [0.5, 0.6) is 0 Å². The van der Waals surface area contributed by atoms with Crippen LogP contribution in [-0.2, 0) is 20.7 Å². The fraction of sp³-hybridized carbons (Fsp3) is 0.235. The van der Waals surface area contributed by atoms with Crippen molar-refractivity contribution in [2.75, 3.05) is 18.5 Å². The van der Waals surface area contributed by atoms with E-state index in [4.69, 9.17) is 4.74 Å². The minimum Gasteiger partial charge on any atom is -0.466 e. The number of hydrogen-bond acceptors (Lipinski definition) is 9. The van der Waals surface area contributed by atoms with Crippen LogP contribution in [0.3, 0.4) is 0 Å². The van der Waals surface area contributed by atoms with Crippen molar-refractivity contribution in [1.82, 2.24) is 9.88 Å². The average Bonchev–Trinajstić information content (AvgIpc) is 3.19. The van der Waals surface area contributed by atoms with E-state index in [0.717, 1.165) is 17.4 Å². The lowest BCUT2D eigenvalue weighted by atomic mass is 10.1. The predicted molar refractivity (Wildman–Crippen MR) is 99.5 cm³/mol. The van der Waals surface area contributed by atoms with E-state index in [-0.39, 0.29) is 29.3 Å². The summed E-state index contributed by atoms with van der Waals surface area (Å²) in [7, 11) is 0. The molecular formula is C17H14N4O7S. The molecule has 29 heavy (non-hydrogen) atoms. The fourth-order valence-electron chi connectivity index (χ4n) is 2.72. The molecule has 0 unspecified atom stereocenters. The SMILES string of the molecule is CCOC(=O)Cc1csc(NC(=O)CN2C(=O)c3cccc([N+](=O)[O-])c3C2=O)n1. The first kappa shape index (κ1) is 20.1. The maximum absolute atomic E-state index is 12.5. The van der Waals surface area contributed by atoms with Crippen LogP contribution in [0.1, 0.15) is 33.3 Å². The number of carbonyl (C=O) groups excluding carboxylic acids is 4. The number of ether oxygens (including phenoxy) is 1. The number of rotatable bonds is 7. The number of nitro benzene ring substituents is 1. The summed E-state index contributed by atoms with van der Waals surface area (Å²) in [6.45, 7) is 1.29. The number of hydrogen-bond donors (Lipinski definition) is 1. The lowest BCUT2D eigenvalue weighted by molar-refractivity contribution is -0.385. The van der Waals surface area contributed by atoms with Gasteiger partial charge < -0.3 is 10.1 Å². The zero-order chi connectivity index (χ0) is 21.1. The molecule has 0 aliphatic carbocycles. The molecule has 1 N–H and O–H groups in total. The highest BCUT2D eigenvalue weighted by atomic mass is 32.1. The Labute approximate surface area is 167 Å². The molecule has 1 aromatic heterocycles. The average molecular weight is 418 g/mol. The predicted octanol–water partition coefficient (Wildman–Crippen LogP) is 1.39. The standard InChI is InChI=1S/C17H14N4O7S/c1-2-28-13(23)6-9-8-29-17(18-9)19-12(22)7-20-15(24)10-4-3-5-11(21(26)27)14(10)16(20)25/h3-5,8H,2,6-7H2,1H3,(H,18,19,22). The summed E-state index contributed by atoms with van der Waals surface area (Å²) < 4.78 is 4.81. The third-order valence-electron chi connectivity index (χ3n) is 3.90. The van der Waals surface area contributed by atoms with Gasteiger partial charge in [-0.2, -0.15) is 0 Å². The topological polar surface area (TPSA) is 149 Å². The number of aromatic nitrogens is 1. The van der Waals surface area contributed by atoms with Gasteiger partial charge in [0.25, 0.3) is 17.5 Å². The maximum atomic E-state index is 12.5. The summed E-state index contributed by atoms with van der Waals surface area (Å²) >= 11 is 1.06. The first-order valence-corrected chi connectivity index (χ1v) is 9.23. The lowest BCUT2D eigenvalue weighted by Gasteiger charge is -2.12. The summed E-state index contributed by atoms with van der Waals surface area (Å²) in [5.74, 6) is -2.86. The van der Waals surface area contributed by atoms with E-state index in [1.807, 2.05) is 0 Å². The Morgan fingerprint density at radius 2 is 2.07 bits per heavy atom. The third kappa shape index (κ3) is 4.11. The molecule has 0 atom stereocenters. The molecule has 2 heterocycles. The molecule has 3 amide bonds. The molecule has 0 spiro atoms. The zero-order valence-electron chi connectivity index (χ0n) is 15.0. The number of nitrogens with zero attached hydrogens (tertiary/aromatic N) is 3. The van der Waals surface area contributed by atoms with Crippen molar-refractivity contribution in [2.45, 2.75) is 13.3 Å². The quantitative estimate of drug-likeness (QED) is 0.307. The van der Waals surface area contributed by atoms with Crippen LogP contribution in [0.25, 0.3) is 0 Å². The minimum atomic E-state index is -0.908. The van der Waals surface area contributed by atoms with Crippen LogP contribution in [0, 0.1) is 10.1 Å².